The summed E-state index contributed by atoms with van der Waals surface area (Å²) in [5.74, 6) is -0.389. The van der Waals surface area contributed by atoms with Gasteiger partial charge in [0.2, 0.25) is 0 Å². The molecule has 2 aromatic rings. The smallest absolute Gasteiger partial charge is 0.333 e. The Morgan fingerprint density at radius 3 is 2.42 bits per heavy atom. The van der Waals surface area contributed by atoms with Crippen LogP contribution in [0, 0.1) is 0 Å². The van der Waals surface area contributed by atoms with E-state index >= 15 is 0 Å². The van der Waals surface area contributed by atoms with Gasteiger partial charge < -0.3 is 10.1 Å². The van der Waals surface area contributed by atoms with Gasteiger partial charge in [0.1, 0.15) is 0 Å². The lowest BCUT2D eigenvalue weighted by Crippen LogP contribution is -2.39. The van der Waals surface area contributed by atoms with Crippen molar-refractivity contribution in [2.75, 3.05) is 6.61 Å². The van der Waals surface area contributed by atoms with Gasteiger partial charge in [0.05, 0.1) is 12.8 Å². The fourth-order valence-electron chi connectivity index (χ4n) is 2.02. The number of carbonyl (C=O) groups is 1. The summed E-state index contributed by atoms with van der Waals surface area (Å²) in [6, 6.07) is 18.2. The molecule has 0 amide bonds. The Balaban J connectivity index is 1.99. The molecule has 0 saturated carbocycles. The molecule has 2 rings (SSSR count). The van der Waals surface area contributed by atoms with Crippen LogP contribution in [0.3, 0.4) is 0 Å². The number of hydrazone groups is 1. The van der Waals surface area contributed by atoms with Crippen molar-refractivity contribution in [2.45, 2.75) is 13.0 Å². The number of benzene rings is 2. The fraction of sp³-hybridized carbons (Fsp3) is 0.167. The highest BCUT2D eigenvalue weighted by molar-refractivity contribution is 7.80. The van der Waals surface area contributed by atoms with Crippen molar-refractivity contribution in [3.05, 3.63) is 71.8 Å². The van der Waals surface area contributed by atoms with Crippen molar-refractivity contribution in [3.8, 4) is 0 Å². The van der Waals surface area contributed by atoms with E-state index < -0.39 is 6.04 Å². The molecule has 24 heavy (non-hydrogen) atoms. The first-order valence-electron chi connectivity index (χ1n) is 7.57. The summed E-state index contributed by atoms with van der Waals surface area (Å²) in [5, 5.41) is 7.24. The standard InChI is InChI=1S/C18H19N3O2S/c1-2-23-17(22)16(15-11-7-4-8-12-15)20-18(24)21-19-13-14-9-5-3-6-10-14/h3-13,16H,2H2,1H3,(H2,20,21,24)/b19-13+. The Morgan fingerprint density at radius 1 is 1.17 bits per heavy atom. The Labute approximate surface area is 146 Å². The normalized spacial score (nSPS) is 11.7. The number of carbonyl (C=O) groups excluding carboxylic acids is 1. The number of ether oxygens (including phenoxy) is 1. The van der Waals surface area contributed by atoms with E-state index in [0.29, 0.717) is 6.61 Å². The molecular weight excluding hydrogens is 322 g/mol. The van der Waals surface area contributed by atoms with Crippen LogP contribution >= 0.6 is 12.2 Å². The second-order valence-corrected chi connectivity index (χ2v) is 5.26. The second kappa shape index (κ2) is 9.42. The van der Waals surface area contributed by atoms with Gasteiger partial charge in [-0.05, 0) is 30.3 Å². The molecule has 0 spiro atoms. The minimum absolute atomic E-state index is 0.240. The van der Waals surface area contributed by atoms with Gasteiger partial charge in [0.15, 0.2) is 11.2 Å². The summed E-state index contributed by atoms with van der Waals surface area (Å²) < 4.78 is 5.11. The highest BCUT2D eigenvalue weighted by Crippen LogP contribution is 2.14. The molecule has 0 aliphatic rings. The third-order valence-corrected chi connectivity index (χ3v) is 3.32. The van der Waals surface area contributed by atoms with Crippen LogP contribution in [0.1, 0.15) is 24.1 Å². The molecule has 0 radical (unpaired) electrons. The van der Waals surface area contributed by atoms with E-state index in [1.54, 1.807) is 13.1 Å². The first-order chi connectivity index (χ1) is 11.7. The third kappa shape index (κ3) is 5.48. The summed E-state index contributed by atoms with van der Waals surface area (Å²) in [6.45, 7) is 2.07. The molecule has 0 fully saturated rings. The lowest BCUT2D eigenvalue weighted by molar-refractivity contribution is -0.145. The lowest BCUT2D eigenvalue weighted by atomic mass is 10.1. The average Bonchev–Trinajstić information content (AvgIpc) is 2.61. The van der Waals surface area contributed by atoms with Crippen molar-refractivity contribution in [3.63, 3.8) is 0 Å². The summed E-state index contributed by atoms with van der Waals surface area (Å²) in [6.07, 6.45) is 1.65. The molecule has 2 N–H and O–H groups in total. The van der Waals surface area contributed by atoms with Gasteiger partial charge in [-0.1, -0.05) is 60.7 Å². The topological polar surface area (TPSA) is 62.7 Å². The number of esters is 1. The molecule has 0 aliphatic carbocycles. The molecule has 0 aromatic heterocycles. The first kappa shape index (κ1) is 17.6. The molecule has 0 heterocycles. The largest absolute Gasteiger partial charge is 0.464 e. The quantitative estimate of drug-likeness (QED) is 0.366. The van der Waals surface area contributed by atoms with Crippen LogP contribution in [-0.2, 0) is 9.53 Å². The number of hydrogen-bond donors (Lipinski definition) is 2. The molecular formula is C18H19N3O2S. The zero-order valence-electron chi connectivity index (χ0n) is 13.3. The monoisotopic (exact) mass is 341 g/mol. The molecule has 1 unspecified atom stereocenters. The van der Waals surface area contributed by atoms with Crippen LogP contribution in [0.15, 0.2) is 65.8 Å². The van der Waals surface area contributed by atoms with E-state index in [-0.39, 0.29) is 11.1 Å². The van der Waals surface area contributed by atoms with Crippen LogP contribution < -0.4 is 10.7 Å². The van der Waals surface area contributed by atoms with E-state index in [1.807, 2.05) is 60.7 Å². The lowest BCUT2D eigenvalue weighted by Gasteiger charge is -2.18. The van der Waals surface area contributed by atoms with E-state index in [4.69, 9.17) is 17.0 Å². The molecule has 0 bridgehead atoms. The Kier molecular flexibility index (Phi) is 6.91. The molecule has 2 aromatic carbocycles. The number of nitrogens with zero attached hydrogens (tertiary/aromatic N) is 1. The zero-order chi connectivity index (χ0) is 17.2. The van der Waals surface area contributed by atoms with Gasteiger partial charge in [-0.25, -0.2) is 4.79 Å². The predicted molar refractivity (Wildman–Crippen MR) is 98.7 cm³/mol. The van der Waals surface area contributed by atoms with Crippen molar-refractivity contribution in [1.82, 2.24) is 10.7 Å². The first-order valence-corrected chi connectivity index (χ1v) is 7.97. The molecule has 6 heteroatoms. The number of hydrogen-bond acceptors (Lipinski definition) is 4. The van der Waals surface area contributed by atoms with Crippen molar-refractivity contribution in [2.24, 2.45) is 5.10 Å². The summed E-state index contributed by atoms with van der Waals surface area (Å²) in [7, 11) is 0. The maximum Gasteiger partial charge on any atom is 0.333 e. The van der Waals surface area contributed by atoms with Gasteiger partial charge in [-0.15, -0.1) is 0 Å². The van der Waals surface area contributed by atoms with Gasteiger partial charge in [0.25, 0.3) is 0 Å². The van der Waals surface area contributed by atoms with Crippen LogP contribution in [0.4, 0.5) is 0 Å². The van der Waals surface area contributed by atoms with Gasteiger partial charge >= 0.3 is 5.97 Å². The average molecular weight is 341 g/mol. The molecule has 124 valence electrons. The third-order valence-electron chi connectivity index (χ3n) is 3.11. The maximum absolute atomic E-state index is 12.2. The van der Waals surface area contributed by atoms with Gasteiger partial charge in [-0.3, -0.25) is 5.43 Å². The van der Waals surface area contributed by atoms with Crippen LogP contribution in [0.25, 0.3) is 0 Å². The molecule has 5 nitrogen and oxygen atoms in total. The predicted octanol–water partition coefficient (Wildman–Crippen LogP) is 2.79. The summed E-state index contributed by atoms with van der Waals surface area (Å²) in [4.78, 5) is 12.2. The second-order valence-electron chi connectivity index (χ2n) is 4.85. The molecule has 0 aliphatic heterocycles. The number of rotatable bonds is 6. The Hall–Kier alpha value is -2.73. The van der Waals surface area contributed by atoms with Crippen LogP contribution in [0.2, 0.25) is 0 Å². The van der Waals surface area contributed by atoms with Crippen molar-refractivity contribution >= 4 is 29.5 Å². The van der Waals surface area contributed by atoms with Crippen LogP contribution in [-0.4, -0.2) is 23.9 Å². The summed E-state index contributed by atoms with van der Waals surface area (Å²) in [5.41, 5.74) is 4.42. The van der Waals surface area contributed by atoms with E-state index in [9.17, 15) is 4.79 Å². The van der Waals surface area contributed by atoms with Gasteiger partial charge in [0, 0.05) is 0 Å². The number of thiocarbonyl (C=S) groups is 1. The Bertz CT molecular complexity index is 690. The fourth-order valence-corrected chi connectivity index (χ4v) is 2.19. The SMILES string of the molecule is CCOC(=O)C(NC(=S)N/N=C/c1ccccc1)c1ccccc1. The maximum atomic E-state index is 12.2. The van der Waals surface area contributed by atoms with Crippen molar-refractivity contribution < 1.29 is 9.53 Å². The highest BCUT2D eigenvalue weighted by atomic mass is 32.1. The molecule has 1 atom stereocenters. The van der Waals surface area contributed by atoms with Crippen LogP contribution in [0.5, 0.6) is 0 Å². The highest BCUT2D eigenvalue weighted by Gasteiger charge is 2.22. The minimum Gasteiger partial charge on any atom is -0.464 e. The number of nitrogens with one attached hydrogen (secondary N) is 2. The van der Waals surface area contributed by atoms with E-state index in [0.717, 1.165) is 11.1 Å². The van der Waals surface area contributed by atoms with E-state index in [2.05, 4.69) is 15.8 Å². The zero-order valence-corrected chi connectivity index (χ0v) is 14.1. The van der Waals surface area contributed by atoms with Gasteiger partial charge in [-0.2, -0.15) is 5.10 Å². The minimum atomic E-state index is -0.682. The summed E-state index contributed by atoms with van der Waals surface area (Å²) >= 11 is 5.21. The molecule has 0 saturated heterocycles. The van der Waals surface area contributed by atoms with E-state index in [1.165, 1.54) is 0 Å². The Morgan fingerprint density at radius 2 is 1.79 bits per heavy atom. The van der Waals surface area contributed by atoms with Crippen molar-refractivity contribution in [1.29, 1.82) is 0 Å².